The fraction of sp³-hybridized carbons (Fsp3) is 0.357. The van der Waals surface area contributed by atoms with E-state index in [4.69, 9.17) is 5.73 Å². The fourth-order valence-corrected chi connectivity index (χ4v) is 1.78. The van der Waals surface area contributed by atoms with Gasteiger partial charge in [0.15, 0.2) is 0 Å². The van der Waals surface area contributed by atoms with E-state index in [-0.39, 0.29) is 5.91 Å². The average molecular weight is 232 g/mol. The Hall–Kier alpha value is -1.61. The first kappa shape index (κ1) is 13.5. The molecule has 92 valence electrons. The van der Waals surface area contributed by atoms with Crippen molar-refractivity contribution in [3.63, 3.8) is 0 Å². The smallest absolute Gasteiger partial charge is 0.247 e. The highest BCUT2D eigenvalue weighted by Gasteiger charge is 2.32. The zero-order valence-electron chi connectivity index (χ0n) is 10.7. The van der Waals surface area contributed by atoms with Crippen LogP contribution in [-0.4, -0.2) is 24.4 Å². The molecule has 0 aliphatic carbocycles. The summed E-state index contributed by atoms with van der Waals surface area (Å²) in [6.07, 6.45) is 0. The van der Waals surface area contributed by atoms with Gasteiger partial charge in [0.25, 0.3) is 0 Å². The van der Waals surface area contributed by atoms with Gasteiger partial charge < -0.3 is 10.6 Å². The first-order valence-electron chi connectivity index (χ1n) is 5.60. The van der Waals surface area contributed by atoms with Crippen molar-refractivity contribution in [3.05, 3.63) is 48.0 Å². The van der Waals surface area contributed by atoms with Crippen molar-refractivity contribution >= 4 is 5.91 Å². The summed E-state index contributed by atoms with van der Waals surface area (Å²) in [6, 6.07) is 9.40. The number of nitrogens with two attached hydrogens (primary N) is 1. The second-order valence-corrected chi connectivity index (χ2v) is 4.69. The van der Waals surface area contributed by atoms with Crippen LogP contribution in [0.1, 0.15) is 19.4 Å². The highest BCUT2D eigenvalue weighted by molar-refractivity contribution is 5.87. The second kappa shape index (κ2) is 5.15. The van der Waals surface area contributed by atoms with Crippen molar-refractivity contribution in [1.82, 2.24) is 4.90 Å². The molecule has 0 spiro atoms. The molecule has 0 heterocycles. The number of rotatable bonds is 4. The van der Waals surface area contributed by atoms with E-state index in [0.717, 1.165) is 11.1 Å². The molecule has 17 heavy (non-hydrogen) atoms. The molecule has 1 aromatic carbocycles. The van der Waals surface area contributed by atoms with Gasteiger partial charge in [-0.1, -0.05) is 42.5 Å². The summed E-state index contributed by atoms with van der Waals surface area (Å²) in [6.45, 7) is 7.95. The Morgan fingerprint density at radius 1 is 1.41 bits per heavy atom. The van der Waals surface area contributed by atoms with Crippen molar-refractivity contribution < 1.29 is 4.79 Å². The topological polar surface area (TPSA) is 46.3 Å². The van der Waals surface area contributed by atoms with Gasteiger partial charge in [0.05, 0.1) is 0 Å². The lowest BCUT2D eigenvalue weighted by Crippen LogP contribution is -2.49. The molecule has 0 bridgehead atoms. The number of nitrogens with zero attached hydrogens (tertiary/aromatic N) is 1. The number of carbonyl (C=O) groups is 1. The molecule has 0 fully saturated rings. The minimum absolute atomic E-state index is 0.105. The van der Waals surface area contributed by atoms with Crippen LogP contribution in [-0.2, 0) is 10.3 Å². The minimum atomic E-state index is -0.995. The largest absolute Gasteiger partial charge is 0.340 e. The molecule has 1 unspecified atom stereocenters. The Labute approximate surface area is 103 Å². The molecule has 0 aliphatic heterocycles. The Morgan fingerprint density at radius 2 is 1.94 bits per heavy atom. The monoisotopic (exact) mass is 232 g/mol. The van der Waals surface area contributed by atoms with Crippen molar-refractivity contribution in [2.45, 2.75) is 19.4 Å². The van der Waals surface area contributed by atoms with Gasteiger partial charge in [0, 0.05) is 13.6 Å². The van der Waals surface area contributed by atoms with Gasteiger partial charge >= 0.3 is 0 Å². The Bertz CT molecular complexity index is 409. The minimum Gasteiger partial charge on any atom is -0.340 e. The van der Waals surface area contributed by atoms with Gasteiger partial charge in [-0.05, 0) is 19.4 Å². The predicted molar refractivity (Wildman–Crippen MR) is 70.4 cm³/mol. The van der Waals surface area contributed by atoms with Gasteiger partial charge in [-0.3, -0.25) is 4.79 Å². The van der Waals surface area contributed by atoms with E-state index >= 15 is 0 Å². The van der Waals surface area contributed by atoms with Gasteiger partial charge in [-0.15, -0.1) is 0 Å². The van der Waals surface area contributed by atoms with E-state index in [9.17, 15) is 4.79 Å². The normalized spacial score (nSPS) is 13.9. The molecule has 1 rings (SSSR count). The van der Waals surface area contributed by atoms with Crippen LogP contribution in [0.3, 0.4) is 0 Å². The van der Waals surface area contributed by atoms with Crippen LogP contribution in [0.5, 0.6) is 0 Å². The number of amides is 1. The molecule has 3 nitrogen and oxygen atoms in total. The maximum atomic E-state index is 12.3. The third-order valence-electron chi connectivity index (χ3n) is 2.67. The van der Waals surface area contributed by atoms with Crippen LogP contribution >= 0.6 is 0 Å². The molecule has 1 amide bonds. The van der Waals surface area contributed by atoms with Crippen LogP contribution in [0.2, 0.25) is 0 Å². The fourth-order valence-electron chi connectivity index (χ4n) is 1.78. The third-order valence-corrected chi connectivity index (χ3v) is 2.67. The van der Waals surface area contributed by atoms with Crippen LogP contribution in [0.15, 0.2) is 42.5 Å². The Morgan fingerprint density at radius 3 is 2.41 bits per heavy atom. The second-order valence-electron chi connectivity index (χ2n) is 4.69. The lowest BCUT2D eigenvalue weighted by molar-refractivity contribution is -0.135. The summed E-state index contributed by atoms with van der Waals surface area (Å²) in [5.74, 6) is -0.105. The highest BCUT2D eigenvalue weighted by atomic mass is 16.2. The van der Waals surface area contributed by atoms with Crippen LogP contribution in [0.25, 0.3) is 0 Å². The lowest BCUT2D eigenvalue weighted by Gasteiger charge is -2.29. The summed E-state index contributed by atoms with van der Waals surface area (Å²) in [5, 5.41) is 0. The summed E-state index contributed by atoms with van der Waals surface area (Å²) in [5.41, 5.74) is 6.90. The van der Waals surface area contributed by atoms with Gasteiger partial charge in [-0.25, -0.2) is 0 Å². The van der Waals surface area contributed by atoms with Crippen molar-refractivity contribution in [1.29, 1.82) is 0 Å². The summed E-state index contributed by atoms with van der Waals surface area (Å²) >= 11 is 0. The molecule has 3 heteroatoms. The first-order valence-corrected chi connectivity index (χ1v) is 5.60. The van der Waals surface area contributed by atoms with E-state index in [1.165, 1.54) is 0 Å². The molecule has 2 N–H and O–H groups in total. The van der Waals surface area contributed by atoms with Crippen molar-refractivity contribution in [2.75, 3.05) is 13.6 Å². The maximum absolute atomic E-state index is 12.3. The molecule has 0 aliphatic rings. The number of likely N-dealkylation sites (N-methyl/N-ethyl adjacent to an activating group) is 1. The third kappa shape index (κ3) is 3.17. The molecular formula is C14H20N2O. The van der Waals surface area contributed by atoms with Crippen LogP contribution in [0, 0.1) is 0 Å². The van der Waals surface area contributed by atoms with Gasteiger partial charge in [0.2, 0.25) is 5.91 Å². The molecule has 0 radical (unpaired) electrons. The Kier molecular flexibility index (Phi) is 4.07. The zero-order valence-corrected chi connectivity index (χ0v) is 10.7. The number of hydrogen-bond donors (Lipinski definition) is 1. The standard InChI is InChI=1S/C14H20N2O/c1-11(2)10-16(4)13(17)14(3,15)12-8-6-5-7-9-12/h5-9H,1,10,15H2,2-4H3. The highest BCUT2D eigenvalue weighted by Crippen LogP contribution is 2.19. The Balaban J connectivity index is 2.91. The van der Waals surface area contributed by atoms with Crippen molar-refractivity contribution in [3.8, 4) is 0 Å². The first-order chi connectivity index (χ1) is 7.85. The molecule has 0 aromatic heterocycles. The van der Waals surface area contributed by atoms with Crippen LogP contribution < -0.4 is 5.73 Å². The quantitative estimate of drug-likeness (QED) is 0.806. The van der Waals surface area contributed by atoms with Gasteiger partial charge in [0.1, 0.15) is 5.54 Å². The van der Waals surface area contributed by atoms with Crippen LogP contribution in [0.4, 0.5) is 0 Å². The maximum Gasteiger partial charge on any atom is 0.247 e. The number of hydrogen-bond acceptors (Lipinski definition) is 2. The number of benzene rings is 1. The van der Waals surface area contributed by atoms with E-state index < -0.39 is 5.54 Å². The summed E-state index contributed by atoms with van der Waals surface area (Å²) < 4.78 is 0. The van der Waals surface area contributed by atoms with Gasteiger partial charge in [-0.2, -0.15) is 0 Å². The van der Waals surface area contributed by atoms with Crippen molar-refractivity contribution in [2.24, 2.45) is 5.73 Å². The lowest BCUT2D eigenvalue weighted by atomic mass is 9.91. The SMILES string of the molecule is C=C(C)CN(C)C(=O)C(C)(N)c1ccccc1. The zero-order chi connectivity index (χ0) is 13.1. The summed E-state index contributed by atoms with van der Waals surface area (Å²) in [4.78, 5) is 13.9. The van der Waals surface area contributed by atoms with E-state index in [1.54, 1.807) is 18.9 Å². The number of carbonyl (C=O) groups excluding carboxylic acids is 1. The molecule has 0 saturated carbocycles. The summed E-state index contributed by atoms with van der Waals surface area (Å²) in [7, 11) is 1.74. The van der Waals surface area contributed by atoms with E-state index in [0.29, 0.717) is 6.54 Å². The van der Waals surface area contributed by atoms with E-state index in [1.807, 2.05) is 37.3 Å². The average Bonchev–Trinajstić information content (AvgIpc) is 2.28. The molecule has 1 atom stereocenters. The predicted octanol–water partition coefficient (Wildman–Crippen LogP) is 1.90. The molecular weight excluding hydrogens is 212 g/mol. The molecule has 0 saturated heterocycles. The molecule has 1 aromatic rings. The van der Waals surface area contributed by atoms with E-state index in [2.05, 4.69) is 6.58 Å².